The van der Waals surface area contributed by atoms with Crippen molar-refractivity contribution in [3.63, 3.8) is 0 Å². The lowest BCUT2D eigenvalue weighted by Gasteiger charge is -2.31. The summed E-state index contributed by atoms with van der Waals surface area (Å²) in [5, 5.41) is 14.6. The molecule has 0 spiro atoms. The lowest BCUT2D eigenvalue weighted by Crippen LogP contribution is -2.38. The van der Waals surface area contributed by atoms with Crippen molar-refractivity contribution in [2.75, 3.05) is 23.3 Å². The van der Waals surface area contributed by atoms with Gasteiger partial charge in [-0.1, -0.05) is 29.3 Å². The maximum Gasteiger partial charge on any atom is 0.227 e. The molecule has 1 aliphatic heterocycles. The molecule has 8 heteroatoms. The number of halogens is 2. The van der Waals surface area contributed by atoms with Crippen LogP contribution in [0.1, 0.15) is 12.8 Å². The standard InChI is InChI=1S/C20H18Cl2N4OS/c21-15-4-3-14(12-16(15)22)23-20(27)13-7-9-26(10-8-13)19-6-5-17(24-25-19)18-2-1-11-28-18/h1-6,11-13H,7-10H2,(H,23,27). The number of hydrogen-bond donors (Lipinski definition) is 1. The molecule has 28 heavy (non-hydrogen) atoms. The minimum atomic E-state index is -0.0379. The number of thiophene rings is 1. The molecule has 0 bridgehead atoms. The molecule has 1 N–H and O–H groups in total. The number of amides is 1. The SMILES string of the molecule is O=C(Nc1ccc(Cl)c(Cl)c1)C1CCN(c2ccc(-c3cccs3)nn2)CC1. The largest absolute Gasteiger partial charge is 0.355 e. The Morgan fingerprint density at radius 3 is 2.54 bits per heavy atom. The third-order valence-electron chi connectivity index (χ3n) is 4.80. The topological polar surface area (TPSA) is 58.1 Å². The molecule has 0 atom stereocenters. The fraction of sp³-hybridized carbons (Fsp3) is 0.250. The molecule has 3 heterocycles. The highest BCUT2D eigenvalue weighted by Gasteiger charge is 2.26. The Morgan fingerprint density at radius 2 is 1.89 bits per heavy atom. The van der Waals surface area contributed by atoms with Crippen molar-refractivity contribution < 1.29 is 4.79 Å². The molecule has 0 unspecified atom stereocenters. The van der Waals surface area contributed by atoms with Crippen molar-refractivity contribution in [3.8, 4) is 10.6 Å². The molecule has 5 nitrogen and oxygen atoms in total. The predicted octanol–water partition coefficient (Wildman–Crippen LogP) is 5.37. The molecule has 2 aromatic heterocycles. The van der Waals surface area contributed by atoms with E-state index in [4.69, 9.17) is 23.2 Å². The Hall–Kier alpha value is -2.15. The Morgan fingerprint density at radius 1 is 1.07 bits per heavy atom. The molecule has 1 aromatic carbocycles. The summed E-state index contributed by atoms with van der Waals surface area (Å²) in [5.41, 5.74) is 1.55. The van der Waals surface area contributed by atoms with E-state index < -0.39 is 0 Å². The lowest BCUT2D eigenvalue weighted by molar-refractivity contribution is -0.120. The number of carbonyl (C=O) groups excluding carboxylic acids is 1. The minimum Gasteiger partial charge on any atom is -0.355 e. The van der Waals surface area contributed by atoms with Gasteiger partial charge in [0.1, 0.15) is 5.69 Å². The highest BCUT2D eigenvalue weighted by molar-refractivity contribution is 7.13. The van der Waals surface area contributed by atoms with Crippen LogP contribution < -0.4 is 10.2 Å². The highest BCUT2D eigenvalue weighted by atomic mass is 35.5. The van der Waals surface area contributed by atoms with E-state index >= 15 is 0 Å². The highest BCUT2D eigenvalue weighted by Crippen LogP contribution is 2.28. The molecular weight excluding hydrogens is 415 g/mol. The van der Waals surface area contributed by atoms with E-state index in [1.165, 1.54) is 0 Å². The number of nitrogens with one attached hydrogen (secondary N) is 1. The van der Waals surface area contributed by atoms with Gasteiger partial charge in [-0.05, 0) is 54.6 Å². The van der Waals surface area contributed by atoms with Crippen molar-refractivity contribution in [1.82, 2.24) is 10.2 Å². The molecular formula is C20H18Cl2N4OS. The van der Waals surface area contributed by atoms with Crippen LogP contribution in [0.3, 0.4) is 0 Å². The Bertz CT molecular complexity index is 955. The molecule has 1 amide bonds. The number of anilines is 2. The first-order chi connectivity index (χ1) is 13.6. The van der Waals surface area contributed by atoms with E-state index in [1.54, 1.807) is 29.5 Å². The molecule has 0 saturated carbocycles. The van der Waals surface area contributed by atoms with Crippen molar-refractivity contribution in [1.29, 1.82) is 0 Å². The smallest absolute Gasteiger partial charge is 0.227 e. The summed E-state index contributed by atoms with van der Waals surface area (Å²) in [4.78, 5) is 15.8. The first-order valence-electron chi connectivity index (χ1n) is 8.98. The maximum atomic E-state index is 12.6. The van der Waals surface area contributed by atoms with Crippen molar-refractivity contribution in [2.24, 2.45) is 5.92 Å². The number of hydrogen-bond acceptors (Lipinski definition) is 5. The van der Waals surface area contributed by atoms with Gasteiger partial charge in [-0.25, -0.2) is 0 Å². The van der Waals surface area contributed by atoms with Gasteiger partial charge in [0.25, 0.3) is 0 Å². The first kappa shape index (κ1) is 19.2. The zero-order chi connectivity index (χ0) is 19.5. The van der Waals surface area contributed by atoms with E-state index in [9.17, 15) is 4.79 Å². The van der Waals surface area contributed by atoms with E-state index in [2.05, 4.69) is 20.4 Å². The summed E-state index contributed by atoms with van der Waals surface area (Å²) in [5.74, 6) is 0.824. The maximum absolute atomic E-state index is 12.6. The zero-order valence-electron chi connectivity index (χ0n) is 14.9. The van der Waals surface area contributed by atoms with Crippen molar-refractivity contribution in [2.45, 2.75) is 12.8 Å². The monoisotopic (exact) mass is 432 g/mol. The normalized spacial score (nSPS) is 14.9. The number of aromatic nitrogens is 2. The molecule has 144 valence electrons. The van der Waals surface area contributed by atoms with Gasteiger partial charge in [0.15, 0.2) is 5.82 Å². The second-order valence-corrected chi connectivity index (χ2v) is 8.40. The second-order valence-electron chi connectivity index (χ2n) is 6.63. The van der Waals surface area contributed by atoms with Gasteiger partial charge in [-0.3, -0.25) is 4.79 Å². The van der Waals surface area contributed by atoms with E-state index in [0.717, 1.165) is 42.3 Å². The van der Waals surface area contributed by atoms with Crippen LogP contribution in [0.2, 0.25) is 10.0 Å². The molecule has 1 fully saturated rings. The van der Waals surface area contributed by atoms with Crippen LogP contribution in [0.4, 0.5) is 11.5 Å². The molecule has 1 aliphatic rings. The van der Waals surface area contributed by atoms with E-state index in [-0.39, 0.29) is 11.8 Å². The second kappa shape index (κ2) is 8.47. The average molecular weight is 433 g/mol. The number of rotatable bonds is 4. The summed E-state index contributed by atoms with van der Waals surface area (Å²) in [7, 11) is 0. The van der Waals surface area contributed by atoms with Crippen LogP contribution >= 0.6 is 34.5 Å². The van der Waals surface area contributed by atoms with Crippen molar-refractivity contribution in [3.05, 3.63) is 57.9 Å². The Balaban J connectivity index is 1.33. The fourth-order valence-electron chi connectivity index (χ4n) is 3.24. The average Bonchev–Trinajstić information content (AvgIpc) is 3.26. The lowest BCUT2D eigenvalue weighted by atomic mass is 9.96. The first-order valence-corrected chi connectivity index (χ1v) is 10.6. The van der Waals surface area contributed by atoms with Gasteiger partial charge in [-0.2, -0.15) is 0 Å². The molecule has 0 aliphatic carbocycles. The van der Waals surface area contributed by atoms with Crippen LogP contribution in [0, 0.1) is 5.92 Å². The van der Waals surface area contributed by atoms with Gasteiger partial charge in [0.05, 0.1) is 14.9 Å². The Labute approximate surface area is 177 Å². The van der Waals surface area contributed by atoms with Gasteiger partial charge in [-0.15, -0.1) is 21.5 Å². The minimum absolute atomic E-state index is 0.0113. The summed E-state index contributed by atoms with van der Waals surface area (Å²) in [6.45, 7) is 1.54. The fourth-order valence-corrected chi connectivity index (χ4v) is 4.23. The third-order valence-corrected chi connectivity index (χ3v) is 6.43. The Kier molecular flexibility index (Phi) is 5.80. The van der Waals surface area contributed by atoms with E-state index in [0.29, 0.717) is 15.7 Å². The molecule has 3 aromatic rings. The molecule has 4 rings (SSSR count). The quantitative estimate of drug-likeness (QED) is 0.601. The summed E-state index contributed by atoms with van der Waals surface area (Å²) < 4.78 is 0. The summed E-state index contributed by atoms with van der Waals surface area (Å²) in [6, 6.07) is 13.1. The van der Waals surface area contributed by atoms with Crippen LogP contribution in [-0.4, -0.2) is 29.2 Å². The molecule has 0 radical (unpaired) electrons. The predicted molar refractivity (Wildman–Crippen MR) is 115 cm³/mol. The van der Waals surface area contributed by atoms with Gasteiger partial charge < -0.3 is 10.2 Å². The number of nitrogens with zero attached hydrogens (tertiary/aromatic N) is 3. The van der Waals surface area contributed by atoms with Gasteiger partial charge >= 0.3 is 0 Å². The van der Waals surface area contributed by atoms with Gasteiger partial charge in [0.2, 0.25) is 5.91 Å². The summed E-state index contributed by atoms with van der Waals surface area (Å²) in [6.07, 6.45) is 1.53. The molecule has 1 saturated heterocycles. The van der Waals surface area contributed by atoms with Crippen molar-refractivity contribution >= 4 is 52.0 Å². The van der Waals surface area contributed by atoms with Crippen LogP contribution in [0.5, 0.6) is 0 Å². The van der Waals surface area contributed by atoms with Crippen LogP contribution in [0.25, 0.3) is 10.6 Å². The third kappa shape index (κ3) is 4.29. The van der Waals surface area contributed by atoms with Gasteiger partial charge in [0, 0.05) is 24.7 Å². The number of piperidine rings is 1. The number of benzene rings is 1. The van der Waals surface area contributed by atoms with E-state index in [1.807, 2.05) is 29.6 Å². The summed E-state index contributed by atoms with van der Waals surface area (Å²) >= 11 is 13.6. The number of carbonyl (C=O) groups is 1. The van der Waals surface area contributed by atoms with Crippen LogP contribution in [0.15, 0.2) is 47.8 Å². The zero-order valence-corrected chi connectivity index (χ0v) is 17.3. The van der Waals surface area contributed by atoms with Crippen LogP contribution in [-0.2, 0) is 4.79 Å².